The molecule has 5 heteroatoms. The van der Waals surface area contributed by atoms with Crippen LogP contribution in [-0.2, 0) is 16.1 Å². The Bertz CT molecular complexity index is 575. The second-order valence-electron chi connectivity index (χ2n) is 5.50. The van der Waals surface area contributed by atoms with Crippen LogP contribution in [0.3, 0.4) is 0 Å². The number of terminal acetylenes is 1. The summed E-state index contributed by atoms with van der Waals surface area (Å²) < 4.78 is 5.21. The lowest BCUT2D eigenvalue weighted by Gasteiger charge is -2.32. The van der Waals surface area contributed by atoms with E-state index in [4.69, 9.17) is 11.2 Å². The van der Waals surface area contributed by atoms with Gasteiger partial charge in [0.2, 0.25) is 5.91 Å². The number of nitrogens with zero attached hydrogens (tertiary/aromatic N) is 2. The second-order valence-corrected chi connectivity index (χ2v) is 5.50. The fraction of sp³-hybridized carbons (Fsp3) is 0.375. The Balaban J connectivity index is 2.07. The lowest BCUT2D eigenvalue weighted by Crippen LogP contribution is -2.50. The van der Waals surface area contributed by atoms with E-state index in [0.29, 0.717) is 0 Å². The molecule has 1 saturated heterocycles. The van der Waals surface area contributed by atoms with Gasteiger partial charge in [0.1, 0.15) is 6.61 Å². The van der Waals surface area contributed by atoms with Crippen LogP contribution in [-0.4, -0.2) is 34.1 Å². The Morgan fingerprint density at radius 1 is 1.38 bits per heavy atom. The third-order valence-electron chi connectivity index (χ3n) is 3.38. The van der Waals surface area contributed by atoms with E-state index in [1.807, 2.05) is 44.2 Å². The van der Waals surface area contributed by atoms with Gasteiger partial charge >= 0.3 is 6.09 Å². The van der Waals surface area contributed by atoms with E-state index in [2.05, 4.69) is 5.92 Å². The van der Waals surface area contributed by atoms with Gasteiger partial charge in [-0.25, -0.2) is 4.79 Å². The molecule has 1 aromatic rings. The molecule has 0 radical (unpaired) electrons. The molecule has 0 aromatic heterocycles. The van der Waals surface area contributed by atoms with Crippen LogP contribution >= 0.6 is 0 Å². The molecule has 1 fully saturated rings. The normalized spacial score (nSPS) is 17.6. The standard InChI is InChI=1S/C16H18N2O3/c1-4-10-17-16(2,3)11-14(19)18(17)15(20)21-12-13-8-6-5-7-9-13/h1,5-9H,10-12H2,2-3H3. The molecule has 110 valence electrons. The van der Waals surface area contributed by atoms with Gasteiger partial charge in [-0.3, -0.25) is 4.79 Å². The van der Waals surface area contributed by atoms with E-state index in [1.165, 1.54) is 0 Å². The number of rotatable bonds is 3. The van der Waals surface area contributed by atoms with Crippen LogP contribution in [0.4, 0.5) is 4.79 Å². The Labute approximate surface area is 124 Å². The average Bonchev–Trinajstić information content (AvgIpc) is 2.67. The van der Waals surface area contributed by atoms with Crippen LogP contribution in [0.15, 0.2) is 30.3 Å². The molecule has 0 unspecified atom stereocenters. The predicted molar refractivity (Wildman–Crippen MR) is 77.7 cm³/mol. The van der Waals surface area contributed by atoms with Gasteiger partial charge in [0.05, 0.1) is 6.54 Å². The van der Waals surface area contributed by atoms with E-state index in [0.717, 1.165) is 10.6 Å². The van der Waals surface area contributed by atoms with Crippen molar-refractivity contribution in [3.63, 3.8) is 0 Å². The second kappa shape index (κ2) is 5.98. The van der Waals surface area contributed by atoms with Crippen molar-refractivity contribution in [2.24, 2.45) is 0 Å². The van der Waals surface area contributed by atoms with Crippen molar-refractivity contribution in [1.82, 2.24) is 10.0 Å². The van der Waals surface area contributed by atoms with Gasteiger partial charge in [-0.2, -0.15) is 10.0 Å². The number of ether oxygens (including phenoxy) is 1. The van der Waals surface area contributed by atoms with Crippen LogP contribution in [0.25, 0.3) is 0 Å². The molecule has 0 aliphatic carbocycles. The first-order valence-corrected chi connectivity index (χ1v) is 6.70. The molecule has 1 heterocycles. The Kier molecular flexibility index (Phi) is 4.29. The third kappa shape index (κ3) is 3.23. The molecule has 1 aliphatic heterocycles. The maximum Gasteiger partial charge on any atom is 0.432 e. The van der Waals surface area contributed by atoms with E-state index < -0.39 is 11.6 Å². The van der Waals surface area contributed by atoms with Gasteiger partial charge in [-0.1, -0.05) is 36.3 Å². The molecule has 2 amide bonds. The molecule has 0 spiro atoms. The maximum absolute atomic E-state index is 12.2. The average molecular weight is 286 g/mol. The van der Waals surface area contributed by atoms with Crippen molar-refractivity contribution in [3.8, 4) is 12.3 Å². The van der Waals surface area contributed by atoms with Crippen molar-refractivity contribution >= 4 is 12.0 Å². The molecule has 0 bridgehead atoms. The molecule has 0 N–H and O–H groups in total. The number of amides is 2. The fourth-order valence-electron chi connectivity index (χ4n) is 2.29. The summed E-state index contributed by atoms with van der Waals surface area (Å²) in [6, 6.07) is 9.30. The quantitative estimate of drug-likeness (QED) is 0.799. The lowest BCUT2D eigenvalue weighted by molar-refractivity contribution is -0.135. The number of imide groups is 1. The largest absolute Gasteiger partial charge is 0.443 e. The number of carbonyl (C=O) groups excluding carboxylic acids is 2. The van der Waals surface area contributed by atoms with Gasteiger partial charge in [-0.15, -0.1) is 6.42 Å². The molecular formula is C16H18N2O3. The van der Waals surface area contributed by atoms with Crippen LogP contribution in [0.2, 0.25) is 0 Å². The molecule has 0 saturated carbocycles. The minimum Gasteiger partial charge on any atom is -0.443 e. The highest BCUT2D eigenvalue weighted by Gasteiger charge is 2.47. The van der Waals surface area contributed by atoms with Crippen LogP contribution in [0, 0.1) is 12.3 Å². The van der Waals surface area contributed by atoms with Crippen molar-refractivity contribution in [2.45, 2.75) is 32.4 Å². The molecule has 0 atom stereocenters. The molecular weight excluding hydrogens is 268 g/mol. The predicted octanol–water partition coefficient (Wildman–Crippen LogP) is 2.18. The zero-order chi connectivity index (χ0) is 15.5. The summed E-state index contributed by atoms with van der Waals surface area (Å²) in [5.41, 5.74) is 0.370. The first-order chi connectivity index (χ1) is 9.95. The topological polar surface area (TPSA) is 49.9 Å². The summed E-state index contributed by atoms with van der Waals surface area (Å²) in [5, 5.41) is 2.59. The molecule has 5 nitrogen and oxygen atoms in total. The number of hydrazine groups is 1. The van der Waals surface area contributed by atoms with E-state index >= 15 is 0 Å². The van der Waals surface area contributed by atoms with Crippen molar-refractivity contribution in [3.05, 3.63) is 35.9 Å². The maximum atomic E-state index is 12.2. The molecule has 21 heavy (non-hydrogen) atoms. The highest BCUT2D eigenvalue weighted by molar-refractivity contribution is 5.93. The minimum atomic E-state index is -0.690. The summed E-state index contributed by atoms with van der Waals surface area (Å²) in [7, 11) is 0. The van der Waals surface area contributed by atoms with Gasteiger partial charge in [0.15, 0.2) is 0 Å². The lowest BCUT2D eigenvalue weighted by atomic mass is 10.0. The van der Waals surface area contributed by atoms with Crippen LogP contribution in [0.1, 0.15) is 25.8 Å². The SMILES string of the molecule is C#CCN1N(C(=O)OCc2ccccc2)C(=O)CC1(C)C. The first kappa shape index (κ1) is 15.1. The first-order valence-electron chi connectivity index (χ1n) is 6.70. The number of hydrogen-bond acceptors (Lipinski definition) is 4. The van der Waals surface area contributed by atoms with E-state index in [9.17, 15) is 9.59 Å². The van der Waals surface area contributed by atoms with Crippen molar-refractivity contribution in [2.75, 3.05) is 6.54 Å². The van der Waals surface area contributed by atoms with Crippen LogP contribution in [0.5, 0.6) is 0 Å². The molecule has 2 rings (SSSR count). The third-order valence-corrected chi connectivity index (χ3v) is 3.38. The monoisotopic (exact) mass is 286 g/mol. The minimum absolute atomic E-state index is 0.119. The zero-order valence-electron chi connectivity index (χ0n) is 12.2. The van der Waals surface area contributed by atoms with Gasteiger partial charge < -0.3 is 4.74 Å². The van der Waals surface area contributed by atoms with Crippen molar-refractivity contribution < 1.29 is 14.3 Å². The smallest absolute Gasteiger partial charge is 0.432 e. The summed E-state index contributed by atoms with van der Waals surface area (Å²) in [6.45, 7) is 4.03. The summed E-state index contributed by atoms with van der Waals surface area (Å²) >= 11 is 0. The number of carbonyl (C=O) groups is 2. The van der Waals surface area contributed by atoms with Gasteiger partial charge in [-0.05, 0) is 19.4 Å². The van der Waals surface area contributed by atoms with Gasteiger partial charge in [0, 0.05) is 12.0 Å². The highest BCUT2D eigenvalue weighted by atomic mass is 16.6. The Morgan fingerprint density at radius 2 is 2.05 bits per heavy atom. The Hall–Kier alpha value is -2.32. The highest BCUT2D eigenvalue weighted by Crippen LogP contribution is 2.30. The summed E-state index contributed by atoms with van der Waals surface area (Å²) in [5.74, 6) is 2.17. The summed E-state index contributed by atoms with van der Waals surface area (Å²) in [4.78, 5) is 24.2. The zero-order valence-corrected chi connectivity index (χ0v) is 12.2. The summed E-state index contributed by atoms with van der Waals surface area (Å²) in [6.07, 6.45) is 4.86. The van der Waals surface area contributed by atoms with E-state index in [-0.39, 0.29) is 25.5 Å². The fourth-order valence-corrected chi connectivity index (χ4v) is 2.29. The molecule has 1 aromatic carbocycles. The Morgan fingerprint density at radius 3 is 2.67 bits per heavy atom. The number of hydrogen-bond donors (Lipinski definition) is 0. The number of benzene rings is 1. The van der Waals surface area contributed by atoms with Crippen molar-refractivity contribution in [1.29, 1.82) is 0 Å². The molecule has 1 aliphatic rings. The van der Waals surface area contributed by atoms with E-state index in [1.54, 1.807) is 5.01 Å². The van der Waals surface area contributed by atoms with Crippen LogP contribution < -0.4 is 0 Å². The van der Waals surface area contributed by atoms with Gasteiger partial charge in [0.25, 0.3) is 0 Å².